The van der Waals surface area contributed by atoms with Gasteiger partial charge in [0.1, 0.15) is 0 Å². The Balaban J connectivity index is 2.54. The van der Waals surface area contributed by atoms with Crippen LogP contribution in [-0.4, -0.2) is 27.9 Å². The Hall–Kier alpha value is -1.91. The highest BCUT2D eigenvalue weighted by Gasteiger charge is 2.19. The summed E-state index contributed by atoms with van der Waals surface area (Å²) in [6, 6.07) is 10.6. The van der Waals surface area contributed by atoms with E-state index in [2.05, 4.69) is 0 Å². The number of carboxylic acid groups (broad SMARTS) is 1. The number of carboxylic acids is 1. The number of hydrogen-bond donors (Lipinski definition) is 3. The van der Waals surface area contributed by atoms with Gasteiger partial charge in [-0.1, -0.05) is 36.4 Å². The predicted octanol–water partition coefficient (Wildman–Crippen LogP) is 2.34. The highest BCUT2D eigenvalue weighted by molar-refractivity contribution is 6.05. The lowest BCUT2D eigenvalue weighted by molar-refractivity contribution is 0.0690. The summed E-state index contributed by atoms with van der Waals surface area (Å²) < 4.78 is 0. The molecule has 0 bridgehead atoms. The van der Waals surface area contributed by atoms with Crippen LogP contribution in [-0.2, 0) is 0 Å². The third-order valence-corrected chi connectivity index (χ3v) is 3.17. The number of benzene rings is 2. The maximum Gasteiger partial charge on any atom is 0.336 e. The molecular weight excluding hydrogens is 244 g/mol. The molecule has 0 fully saturated rings. The van der Waals surface area contributed by atoms with Gasteiger partial charge in [-0.05, 0) is 29.2 Å². The average Bonchev–Trinajstić information content (AvgIpc) is 2.43. The van der Waals surface area contributed by atoms with Gasteiger partial charge in [0.05, 0.1) is 11.7 Å². The topological polar surface area (TPSA) is 77.8 Å². The van der Waals surface area contributed by atoms with Gasteiger partial charge in [0.25, 0.3) is 0 Å². The van der Waals surface area contributed by atoms with E-state index in [9.17, 15) is 15.0 Å². The first kappa shape index (κ1) is 13.5. The fourth-order valence-electron chi connectivity index (χ4n) is 2.24. The third kappa shape index (κ3) is 2.75. The van der Waals surface area contributed by atoms with Gasteiger partial charge >= 0.3 is 5.97 Å². The summed E-state index contributed by atoms with van der Waals surface area (Å²) in [6.45, 7) is -0.0208. The number of rotatable bonds is 5. The van der Waals surface area contributed by atoms with Crippen molar-refractivity contribution >= 4 is 16.7 Å². The maximum absolute atomic E-state index is 11.5. The molecule has 1 atom stereocenters. The van der Waals surface area contributed by atoms with Crippen molar-refractivity contribution in [3.63, 3.8) is 0 Å². The van der Waals surface area contributed by atoms with Gasteiger partial charge in [0.15, 0.2) is 0 Å². The average molecular weight is 260 g/mol. The van der Waals surface area contributed by atoms with Crippen LogP contribution in [0.15, 0.2) is 36.4 Å². The molecule has 0 heterocycles. The van der Waals surface area contributed by atoms with Gasteiger partial charge in [0, 0.05) is 6.61 Å². The molecule has 2 aromatic carbocycles. The highest BCUT2D eigenvalue weighted by atomic mass is 16.4. The molecule has 0 aromatic heterocycles. The zero-order valence-corrected chi connectivity index (χ0v) is 10.4. The monoisotopic (exact) mass is 260 g/mol. The van der Waals surface area contributed by atoms with Crippen LogP contribution in [0.1, 0.15) is 34.9 Å². The number of hydrogen-bond acceptors (Lipinski definition) is 3. The molecule has 0 aliphatic rings. The van der Waals surface area contributed by atoms with Crippen molar-refractivity contribution in [1.29, 1.82) is 0 Å². The van der Waals surface area contributed by atoms with Gasteiger partial charge in [0.2, 0.25) is 0 Å². The molecule has 0 aliphatic heterocycles. The number of fused-ring (bicyclic) bond motifs is 1. The number of aliphatic hydroxyl groups is 2. The fraction of sp³-hybridized carbons (Fsp3) is 0.267. The Morgan fingerprint density at radius 2 is 1.89 bits per heavy atom. The molecule has 0 saturated carbocycles. The third-order valence-electron chi connectivity index (χ3n) is 3.17. The summed E-state index contributed by atoms with van der Waals surface area (Å²) in [6.07, 6.45) is -0.0924. The minimum absolute atomic E-state index is 0.0208. The van der Waals surface area contributed by atoms with Crippen LogP contribution >= 0.6 is 0 Å². The summed E-state index contributed by atoms with van der Waals surface area (Å²) in [7, 11) is 0. The first-order valence-corrected chi connectivity index (χ1v) is 6.19. The van der Waals surface area contributed by atoms with Gasteiger partial charge in [-0.3, -0.25) is 0 Å². The van der Waals surface area contributed by atoms with E-state index in [1.54, 1.807) is 24.3 Å². The zero-order chi connectivity index (χ0) is 13.8. The summed E-state index contributed by atoms with van der Waals surface area (Å²) in [4.78, 5) is 11.5. The summed E-state index contributed by atoms with van der Waals surface area (Å²) >= 11 is 0. The lowest BCUT2D eigenvalue weighted by Gasteiger charge is -2.15. The fourth-order valence-corrected chi connectivity index (χ4v) is 2.24. The van der Waals surface area contributed by atoms with E-state index in [1.165, 1.54) is 0 Å². The van der Waals surface area contributed by atoms with Crippen molar-refractivity contribution in [2.45, 2.75) is 18.9 Å². The molecule has 0 saturated heterocycles. The van der Waals surface area contributed by atoms with Crippen molar-refractivity contribution in [2.24, 2.45) is 0 Å². The highest BCUT2D eigenvalue weighted by Crippen LogP contribution is 2.28. The molecule has 2 aromatic rings. The Labute approximate surface area is 110 Å². The normalized spacial score (nSPS) is 12.5. The first-order valence-electron chi connectivity index (χ1n) is 6.19. The summed E-state index contributed by atoms with van der Waals surface area (Å²) in [5, 5.41) is 29.7. The Morgan fingerprint density at radius 3 is 2.58 bits per heavy atom. The molecule has 2 rings (SSSR count). The van der Waals surface area contributed by atoms with E-state index < -0.39 is 12.1 Å². The van der Waals surface area contributed by atoms with E-state index in [0.717, 1.165) is 5.39 Å². The van der Waals surface area contributed by atoms with Gasteiger partial charge < -0.3 is 15.3 Å². The van der Waals surface area contributed by atoms with Crippen molar-refractivity contribution in [3.05, 3.63) is 47.5 Å². The second-order valence-corrected chi connectivity index (χ2v) is 4.44. The number of carbonyl (C=O) groups is 1. The van der Waals surface area contributed by atoms with Crippen LogP contribution < -0.4 is 0 Å². The van der Waals surface area contributed by atoms with Gasteiger partial charge in [-0.15, -0.1) is 0 Å². The van der Waals surface area contributed by atoms with Crippen molar-refractivity contribution in [3.8, 4) is 0 Å². The molecule has 0 aliphatic carbocycles. The molecule has 100 valence electrons. The van der Waals surface area contributed by atoms with E-state index in [4.69, 9.17) is 5.11 Å². The molecule has 0 spiro atoms. The molecule has 0 amide bonds. The summed E-state index contributed by atoms with van der Waals surface area (Å²) in [5.41, 5.74) is 0.545. The minimum Gasteiger partial charge on any atom is -0.478 e. The molecule has 4 heteroatoms. The Bertz CT molecular complexity index is 592. The second kappa shape index (κ2) is 5.82. The van der Waals surface area contributed by atoms with E-state index >= 15 is 0 Å². The molecule has 1 unspecified atom stereocenters. The maximum atomic E-state index is 11.5. The smallest absolute Gasteiger partial charge is 0.336 e. The van der Waals surface area contributed by atoms with Crippen LogP contribution in [0.3, 0.4) is 0 Å². The SMILES string of the molecule is O=C(O)c1c(C(O)CCCO)ccc2ccccc12. The van der Waals surface area contributed by atoms with Gasteiger partial charge in [-0.25, -0.2) is 4.79 Å². The zero-order valence-electron chi connectivity index (χ0n) is 10.4. The standard InChI is InChI=1S/C15H16O4/c16-9-3-6-13(17)12-8-7-10-4-1-2-5-11(10)14(12)15(18)19/h1-2,4-5,7-8,13,16-17H,3,6,9H2,(H,18,19). The lowest BCUT2D eigenvalue weighted by Crippen LogP contribution is -2.08. The van der Waals surface area contributed by atoms with Crippen molar-refractivity contribution in [2.75, 3.05) is 6.61 Å². The summed E-state index contributed by atoms with van der Waals surface area (Å²) in [5.74, 6) is -1.05. The number of aliphatic hydroxyl groups excluding tert-OH is 2. The largest absolute Gasteiger partial charge is 0.478 e. The Kier molecular flexibility index (Phi) is 4.14. The Morgan fingerprint density at radius 1 is 1.16 bits per heavy atom. The van der Waals surface area contributed by atoms with Crippen LogP contribution in [0.25, 0.3) is 10.8 Å². The minimum atomic E-state index is -1.05. The first-order chi connectivity index (χ1) is 9.15. The quantitative estimate of drug-likeness (QED) is 0.771. The second-order valence-electron chi connectivity index (χ2n) is 4.44. The van der Waals surface area contributed by atoms with Gasteiger partial charge in [-0.2, -0.15) is 0 Å². The van der Waals surface area contributed by atoms with E-state index in [0.29, 0.717) is 23.8 Å². The van der Waals surface area contributed by atoms with Crippen LogP contribution in [0.4, 0.5) is 0 Å². The molecular formula is C15H16O4. The predicted molar refractivity (Wildman–Crippen MR) is 72.2 cm³/mol. The lowest BCUT2D eigenvalue weighted by atomic mass is 9.94. The number of aromatic carboxylic acids is 1. The van der Waals surface area contributed by atoms with E-state index in [-0.39, 0.29) is 12.2 Å². The van der Waals surface area contributed by atoms with Crippen LogP contribution in [0.2, 0.25) is 0 Å². The van der Waals surface area contributed by atoms with Crippen LogP contribution in [0.5, 0.6) is 0 Å². The molecule has 3 N–H and O–H groups in total. The van der Waals surface area contributed by atoms with Crippen molar-refractivity contribution in [1.82, 2.24) is 0 Å². The molecule has 4 nitrogen and oxygen atoms in total. The molecule has 19 heavy (non-hydrogen) atoms. The van der Waals surface area contributed by atoms with Crippen LogP contribution in [0, 0.1) is 0 Å². The molecule has 0 radical (unpaired) electrons. The van der Waals surface area contributed by atoms with Crippen molar-refractivity contribution < 1.29 is 20.1 Å². The van der Waals surface area contributed by atoms with E-state index in [1.807, 2.05) is 12.1 Å².